The van der Waals surface area contributed by atoms with Gasteiger partial charge in [0.15, 0.2) is 5.78 Å². The maximum absolute atomic E-state index is 13.0. The van der Waals surface area contributed by atoms with Crippen LogP contribution in [0.3, 0.4) is 0 Å². The van der Waals surface area contributed by atoms with E-state index in [1.807, 2.05) is 25.7 Å². The number of rotatable bonds is 2. The van der Waals surface area contributed by atoms with Crippen molar-refractivity contribution in [2.24, 2.45) is 0 Å². The zero-order chi connectivity index (χ0) is 23.2. The predicted molar refractivity (Wildman–Crippen MR) is 113 cm³/mol. The fourth-order valence-electron chi connectivity index (χ4n) is 4.10. The van der Waals surface area contributed by atoms with E-state index < -0.39 is 35.1 Å². The number of ether oxygens (including phenoxy) is 1. The van der Waals surface area contributed by atoms with Gasteiger partial charge in [-0.15, -0.1) is 0 Å². The average molecular weight is 442 g/mol. The van der Waals surface area contributed by atoms with E-state index in [1.54, 1.807) is 23.1 Å². The van der Waals surface area contributed by atoms with Crippen LogP contribution in [0.2, 0.25) is 0 Å². The van der Waals surface area contributed by atoms with E-state index in [4.69, 9.17) is 4.74 Å². The minimum absolute atomic E-state index is 0.0668. The molecular formula is C22H26N4O6. The molecule has 3 aliphatic rings. The molecule has 1 N–H and O–H groups in total. The minimum Gasteiger partial charge on any atom is -0.444 e. The van der Waals surface area contributed by atoms with Gasteiger partial charge < -0.3 is 19.9 Å². The summed E-state index contributed by atoms with van der Waals surface area (Å²) in [7, 11) is 0. The predicted octanol–water partition coefficient (Wildman–Crippen LogP) is 0.797. The zero-order valence-corrected chi connectivity index (χ0v) is 18.3. The smallest absolute Gasteiger partial charge is 0.410 e. The largest absolute Gasteiger partial charge is 0.444 e. The van der Waals surface area contributed by atoms with E-state index in [2.05, 4.69) is 5.32 Å². The van der Waals surface area contributed by atoms with Crippen LogP contribution in [0.5, 0.6) is 0 Å². The summed E-state index contributed by atoms with van der Waals surface area (Å²) in [6.45, 7) is 7.45. The molecule has 4 rings (SSSR count). The van der Waals surface area contributed by atoms with Gasteiger partial charge in [-0.05, 0) is 39.0 Å². The van der Waals surface area contributed by atoms with Crippen molar-refractivity contribution >= 4 is 35.3 Å². The van der Waals surface area contributed by atoms with Crippen molar-refractivity contribution in [2.45, 2.75) is 38.8 Å². The van der Waals surface area contributed by atoms with Crippen LogP contribution in [0.4, 0.5) is 10.5 Å². The molecule has 2 saturated heterocycles. The van der Waals surface area contributed by atoms with Crippen LogP contribution in [-0.4, -0.2) is 83.8 Å². The molecule has 32 heavy (non-hydrogen) atoms. The van der Waals surface area contributed by atoms with Crippen molar-refractivity contribution in [3.05, 3.63) is 29.3 Å². The zero-order valence-electron chi connectivity index (χ0n) is 18.3. The van der Waals surface area contributed by atoms with Crippen molar-refractivity contribution in [1.82, 2.24) is 15.1 Å². The van der Waals surface area contributed by atoms with E-state index in [1.165, 1.54) is 0 Å². The van der Waals surface area contributed by atoms with E-state index in [9.17, 15) is 24.0 Å². The third-order valence-electron chi connectivity index (χ3n) is 5.71. The lowest BCUT2D eigenvalue weighted by Crippen LogP contribution is -2.55. The number of carbonyl (C=O) groups is 5. The summed E-state index contributed by atoms with van der Waals surface area (Å²) < 4.78 is 5.42. The van der Waals surface area contributed by atoms with E-state index >= 15 is 0 Å². The van der Waals surface area contributed by atoms with Crippen molar-refractivity contribution in [2.75, 3.05) is 37.6 Å². The Hall–Kier alpha value is -3.43. The first-order chi connectivity index (χ1) is 15.0. The fourth-order valence-corrected chi connectivity index (χ4v) is 4.10. The third kappa shape index (κ3) is 4.04. The summed E-state index contributed by atoms with van der Waals surface area (Å²) in [5.74, 6) is -1.91. The Morgan fingerprint density at radius 2 is 1.66 bits per heavy atom. The van der Waals surface area contributed by atoms with Gasteiger partial charge in [-0.1, -0.05) is 0 Å². The molecular weight excluding hydrogens is 416 g/mol. The number of benzene rings is 1. The molecule has 1 aromatic rings. The first-order valence-corrected chi connectivity index (χ1v) is 10.6. The number of hydrogen-bond acceptors (Lipinski definition) is 7. The molecule has 170 valence electrons. The summed E-state index contributed by atoms with van der Waals surface area (Å²) >= 11 is 0. The van der Waals surface area contributed by atoms with Gasteiger partial charge in [0.25, 0.3) is 11.8 Å². The highest BCUT2D eigenvalue weighted by Gasteiger charge is 2.44. The van der Waals surface area contributed by atoms with Gasteiger partial charge in [0.2, 0.25) is 5.91 Å². The second-order valence-corrected chi connectivity index (χ2v) is 9.13. The number of ketones is 1. The number of nitrogens with one attached hydrogen (secondary N) is 1. The number of imide groups is 1. The molecule has 0 bridgehead atoms. The molecule has 0 radical (unpaired) electrons. The Morgan fingerprint density at radius 1 is 1.00 bits per heavy atom. The number of Topliss-reactive ketones (excluding diaryl/α,β-unsaturated/α-hetero) is 1. The summed E-state index contributed by atoms with van der Waals surface area (Å²) in [5.41, 5.74) is 0.691. The SMILES string of the molecule is CC(C)(C)OC(=O)N1CCN(c2ccc3c(c2)C(=O)N(C2CNC(=O)CC2=O)C3=O)CC1. The highest BCUT2D eigenvalue weighted by atomic mass is 16.6. The number of piperazine rings is 1. The number of nitrogens with zero attached hydrogens (tertiary/aromatic N) is 3. The third-order valence-corrected chi connectivity index (χ3v) is 5.71. The highest BCUT2D eigenvalue weighted by Crippen LogP contribution is 2.30. The van der Waals surface area contributed by atoms with Crippen LogP contribution < -0.4 is 10.2 Å². The number of fused-ring (bicyclic) bond motifs is 1. The number of hydrogen-bond donors (Lipinski definition) is 1. The van der Waals surface area contributed by atoms with Crippen molar-refractivity contribution < 1.29 is 28.7 Å². The first kappa shape index (κ1) is 21.8. The molecule has 3 heterocycles. The molecule has 1 unspecified atom stereocenters. The van der Waals surface area contributed by atoms with Gasteiger partial charge in [0.1, 0.15) is 11.6 Å². The monoisotopic (exact) mass is 442 g/mol. The Kier molecular flexibility index (Phi) is 5.39. The van der Waals surface area contributed by atoms with Crippen molar-refractivity contribution in [1.29, 1.82) is 0 Å². The summed E-state index contributed by atoms with van der Waals surface area (Å²) in [5, 5.41) is 2.54. The molecule has 10 nitrogen and oxygen atoms in total. The maximum atomic E-state index is 13.0. The number of carbonyl (C=O) groups excluding carboxylic acids is 5. The summed E-state index contributed by atoms with van der Waals surface area (Å²) in [6, 6.07) is 4.03. The molecule has 10 heteroatoms. The van der Waals surface area contributed by atoms with Gasteiger partial charge in [-0.25, -0.2) is 4.79 Å². The summed E-state index contributed by atoms with van der Waals surface area (Å²) in [6.07, 6.45) is -0.697. The molecule has 0 aromatic heterocycles. The van der Waals surface area contributed by atoms with Crippen LogP contribution in [0, 0.1) is 0 Å². The van der Waals surface area contributed by atoms with Gasteiger partial charge in [-0.3, -0.25) is 24.1 Å². The summed E-state index contributed by atoms with van der Waals surface area (Å²) in [4.78, 5) is 66.4. The van der Waals surface area contributed by atoms with Crippen LogP contribution >= 0.6 is 0 Å². The van der Waals surface area contributed by atoms with Gasteiger partial charge in [-0.2, -0.15) is 0 Å². The normalized spacial score (nSPS) is 21.6. The molecule has 2 fully saturated rings. The van der Waals surface area contributed by atoms with Crippen LogP contribution in [0.15, 0.2) is 18.2 Å². The van der Waals surface area contributed by atoms with Gasteiger partial charge in [0, 0.05) is 38.4 Å². The lowest BCUT2D eigenvalue weighted by molar-refractivity contribution is -0.133. The van der Waals surface area contributed by atoms with Gasteiger partial charge in [0.05, 0.1) is 17.5 Å². The van der Waals surface area contributed by atoms with E-state index in [0.717, 1.165) is 10.6 Å². The maximum Gasteiger partial charge on any atom is 0.410 e. The van der Waals surface area contributed by atoms with Gasteiger partial charge >= 0.3 is 6.09 Å². The van der Waals surface area contributed by atoms with E-state index in [0.29, 0.717) is 26.2 Å². The van der Waals surface area contributed by atoms with Crippen LogP contribution in [-0.2, 0) is 14.3 Å². The minimum atomic E-state index is -0.985. The average Bonchev–Trinajstić information content (AvgIpc) is 2.97. The van der Waals surface area contributed by atoms with E-state index in [-0.39, 0.29) is 30.2 Å². The molecule has 0 saturated carbocycles. The Labute approximate surface area is 185 Å². The van der Waals surface area contributed by atoms with Crippen molar-refractivity contribution in [3.63, 3.8) is 0 Å². The first-order valence-electron chi connectivity index (χ1n) is 10.6. The lowest BCUT2D eigenvalue weighted by Gasteiger charge is -2.36. The number of amides is 4. The Balaban J connectivity index is 1.46. The molecule has 4 amide bonds. The quantitative estimate of drug-likeness (QED) is 0.532. The topological polar surface area (TPSA) is 116 Å². The molecule has 0 aliphatic carbocycles. The second kappa shape index (κ2) is 7.92. The number of anilines is 1. The van der Waals surface area contributed by atoms with Crippen LogP contribution in [0.25, 0.3) is 0 Å². The molecule has 0 spiro atoms. The molecule has 3 aliphatic heterocycles. The standard InChI is InChI=1S/C22H26N4O6/c1-22(2,3)32-21(31)25-8-6-24(7-9-25)13-4-5-14-15(10-13)20(30)26(19(14)29)16-12-23-18(28)11-17(16)27/h4-5,10,16H,6-9,11-12H2,1-3H3,(H,23,28). The molecule has 1 atom stereocenters. The van der Waals surface area contributed by atoms with Crippen LogP contribution in [0.1, 0.15) is 47.9 Å². The Morgan fingerprint density at radius 3 is 2.28 bits per heavy atom. The lowest BCUT2D eigenvalue weighted by atomic mass is 10.0. The number of piperidine rings is 1. The second-order valence-electron chi connectivity index (χ2n) is 9.13. The highest BCUT2D eigenvalue weighted by molar-refractivity contribution is 6.24. The fraction of sp³-hybridized carbons (Fsp3) is 0.500. The Bertz CT molecular complexity index is 1010. The van der Waals surface area contributed by atoms with Crippen molar-refractivity contribution in [3.8, 4) is 0 Å². The molecule has 1 aromatic carbocycles.